The molecular weight excluding hydrogens is 398 g/mol. The van der Waals surface area contributed by atoms with E-state index >= 15 is 0 Å². The second kappa shape index (κ2) is 9.53. The van der Waals surface area contributed by atoms with E-state index in [4.69, 9.17) is 4.74 Å². The van der Waals surface area contributed by atoms with Crippen LogP contribution in [0.3, 0.4) is 0 Å². The van der Waals surface area contributed by atoms with Crippen molar-refractivity contribution in [3.05, 3.63) is 63.0 Å². The fourth-order valence-corrected chi connectivity index (χ4v) is 5.23. The van der Waals surface area contributed by atoms with E-state index in [0.29, 0.717) is 26.2 Å². The van der Waals surface area contributed by atoms with Crippen LogP contribution in [0, 0.1) is 0 Å². The molecule has 0 spiro atoms. The maximum Gasteiger partial charge on any atom is 0.262 e. The molecule has 0 saturated heterocycles. The first-order valence-corrected chi connectivity index (χ1v) is 11.3. The van der Waals surface area contributed by atoms with Gasteiger partial charge in [0.1, 0.15) is 4.83 Å². The molecule has 0 bridgehead atoms. The van der Waals surface area contributed by atoms with Crippen molar-refractivity contribution >= 4 is 27.5 Å². The van der Waals surface area contributed by atoms with Crippen LogP contribution < -0.4 is 5.56 Å². The minimum Gasteiger partial charge on any atom is -0.383 e. The number of ether oxygens (including phenoxy) is 1. The van der Waals surface area contributed by atoms with Crippen molar-refractivity contribution in [3.8, 4) is 0 Å². The van der Waals surface area contributed by atoms with Crippen LogP contribution in [0.15, 0.2) is 41.5 Å². The van der Waals surface area contributed by atoms with Crippen LogP contribution in [0.4, 0.5) is 0 Å². The quantitative estimate of drug-likeness (QED) is 0.555. The van der Waals surface area contributed by atoms with E-state index in [1.807, 2.05) is 30.3 Å². The summed E-state index contributed by atoms with van der Waals surface area (Å²) in [6.07, 6.45) is 6.16. The van der Waals surface area contributed by atoms with Gasteiger partial charge in [-0.25, -0.2) is 4.98 Å². The molecule has 158 valence electrons. The first kappa shape index (κ1) is 20.8. The van der Waals surface area contributed by atoms with E-state index in [1.54, 1.807) is 34.2 Å². The van der Waals surface area contributed by atoms with Crippen molar-refractivity contribution in [2.75, 3.05) is 20.3 Å². The lowest BCUT2D eigenvalue weighted by Gasteiger charge is -2.23. The highest BCUT2D eigenvalue weighted by atomic mass is 32.1. The zero-order valence-corrected chi connectivity index (χ0v) is 18.1. The molecule has 7 heteroatoms. The Bertz CT molecular complexity index is 1070. The molecule has 1 aliphatic carbocycles. The summed E-state index contributed by atoms with van der Waals surface area (Å²) >= 11 is 1.65. The van der Waals surface area contributed by atoms with Crippen LogP contribution in [-0.2, 0) is 35.5 Å². The Kier molecular flexibility index (Phi) is 6.59. The van der Waals surface area contributed by atoms with Crippen LogP contribution in [0.25, 0.3) is 10.2 Å². The number of amides is 1. The lowest BCUT2D eigenvalue weighted by atomic mass is 9.97. The van der Waals surface area contributed by atoms with Crippen LogP contribution >= 0.6 is 11.3 Å². The van der Waals surface area contributed by atoms with Gasteiger partial charge in [0.05, 0.1) is 18.3 Å². The third-order valence-electron chi connectivity index (χ3n) is 5.64. The van der Waals surface area contributed by atoms with Crippen molar-refractivity contribution in [2.24, 2.45) is 0 Å². The van der Waals surface area contributed by atoms with Gasteiger partial charge in [0.2, 0.25) is 5.91 Å². The Labute approximate surface area is 180 Å². The highest BCUT2D eigenvalue weighted by Gasteiger charge is 2.20. The summed E-state index contributed by atoms with van der Waals surface area (Å²) in [5, 5.41) is 0.769. The summed E-state index contributed by atoms with van der Waals surface area (Å²) in [7, 11) is 1.63. The number of hydrogen-bond donors (Lipinski definition) is 0. The van der Waals surface area contributed by atoms with E-state index in [2.05, 4.69) is 4.98 Å². The first-order valence-electron chi connectivity index (χ1n) is 10.5. The number of aromatic nitrogens is 2. The average molecular weight is 426 g/mol. The van der Waals surface area contributed by atoms with Gasteiger partial charge in [-0.15, -0.1) is 11.3 Å². The zero-order valence-electron chi connectivity index (χ0n) is 17.3. The van der Waals surface area contributed by atoms with Crippen molar-refractivity contribution in [1.29, 1.82) is 0 Å². The predicted molar refractivity (Wildman–Crippen MR) is 119 cm³/mol. The van der Waals surface area contributed by atoms with E-state index in [1.165, 1.54) is 16.9 Å². The minimum absolute atomic E-state index is 0.00949. The number of fused-ring (bicyclic) bond motifs is 3. The molecule has 0 radical (unpaired) electrons. The SMILES string of the molecule is COCCN(Cc1ccccc1)C(=O)CCn1cnc2sc3c(c2c1=O)CCCC3. The molecule has 0 aliphatic heterocycles. The van der Waals surface area contributed by atoms with Crippen molar-refractivity contribution in [2.45, 2.75) is 45.2 Å². The molecule has 1 aromatic carbocycles. The lowest BCUT2D eigenvalue weighted by Crippen LogP contribution is -2.34. The number of hydrogen-bond acceptors (Lipinski definition) is 5. The molecule has 30 heavy (non-hydrogen) atoms. The zero-order chi connectivity index (χ0) is 20.9. The van der Waals surface area contributed by atoms with Gasteiger partial charge in [-0.1, -0.05) is 30.3 Å². The second-order valence-electron chi connectivity index (χ2n) is 7.68. The molecule has 0 saturated carbocycles. The Hall–Kier alpha value is -2.51. The van der Waals surface area contributed by atoms with Gasteiger partial charge < -0.3 is 9.64 Å². The van der Waals surface area contributed by atoms with Crippen LogP contribution in [0.1, 0.15) is 35.3 Å². The summed E-state index contributed by atoms with van der Waals surface area (Å²) in [5.41, 5.74) is 2.25. The molecular formula is C23H27N3O3S. The number of methoxy groups -OCH3 is 1. The largest absolute Gasteiger partial charge is 0.383 e. The number of thiophene rings is 1. The van der Waals surface area contributed by atoms with Crippen molar-refractivity contribution in [3.63, 3.8) is 0 Å². The minimum atomic E-state index is -0.0151. The van der Waals surface area contributed by atoms with Crippen molar-refractivity contribution in [1.82, 2.24) is 14.5 Å². The second-order valence-corrected chi connectivity index (χ2v) is 8.76. The first-order chi connectivity index (χ1) is 14.7. The fourth-order valence-electron chi connectivity index (χ4n) is 4.01. The number of benzene rings is 1. The highest BCUT2D eigenvalue weighted by Crippen LogP contribution is 2.33. The van der Waals surface area contributed by atoms with Crippen LogP contribution in [0.5, 0.6) is 0 Å². The maximum absolute atomic E-state index is 13.1. The summed E-state index contributed by atoms with van der Waals surface area (Å²) in [4.78, 5) is 34.5. The Morgan fingerprint density at radius 3 is 2.83 bits per heavy atom. The monoisotopic (exact) mass is 425 g/mol. The van der Waals surface area contributed by atoms with Crippen LogP contribution in [0.2, 0.25) is 0 Å². The van der Waals surface area contributed by atoms with E-state index < -0.39 is 0 Å². The number of aryl methyl sites for hydroxylation is 3. The number of nitrogens with zero attached hydrogens (tertiary/aromatic N) is 3. The molecule has 0 atom stereocenters. The Morgan fingerprint density at radius 1 is 1.23 bits per heavy atom. The van der Waals surface area contributed by atoms with Gasteiger partial charge in [0, 0.05) is 38.0 Å². The number of carbonyl (C=O) groups is 1. The third kappa shape index (κ3) is 4.47. The Morgan fingerprint density at radius 2 is 2.03 bits per heavy atom. The third-order valence-corrected chi connectivity index (χ3v) is 6.84. The van der Waals surface area contributed by atoms with Gasteiger partial charge >= 0.3 is 0 Å². The predicted octanol–water partition coefficient (Wildman–Crippen LogP) is 3.40. The summed E-state index contributed by atoms with van der Waals surface area (Å²) < 4.78 is 6.77. The summed E-state index contributed by atoms with van der Waals surface area (Å²) in [6, 6.07) is 9.92. The van der Waals surface area contributed by atoms with E-state index in [9.17, 15) is 9.59 Å². The van der Waals surface area contributed by atoms with E-state index in [0.717, 1.165) is 35.0 Å². The normalized spacial score (nSPS) is 13.4. The smallest absolute Gasteiger partial charge is 0.262 e. The summed E-state index contributed by atoms with van der Waals surface area (Å²) in [5.74, 6) is 0.00949. The van der Waals surface area contributed by atoms with Gasteiger partial charge in [0.15, 0.2) is 0 Å². The molecule has 2 aromatic heterocycles. The fraction of sp³-hybridized carbons (Fsp3) is 0.435. The number of rotatable bonds is 8. The van der Waals surface area contributed by atoms with Gasteiger partial charge in [0.25, 0.3) is 5.56 Å². The molecule has 1 amide bonds. The van der Waals surface area contributed by atoms with Crippen LogP contribution in [-0.4, -0.2) is 40.6 Å². The maximum atomic E-state index is 13.1. The van der Waals surface area contributed by atoms with Gasteiger partial charge in [-0.3, -0.25) is 14.2 Å². The molecule has 0 N–H and O–H groups in total. The molecule has 4 rings (SSSR count). The average Bonchev–Trinajstić information content (AvgIpc) is 3.16. The lowest BCUT2D eigenvalue weighted by molar-refractivity contribution is -0.132. The molecule has 3 aromatic rings. The topological polar surface area (TPSA) is 64.4 Å². The summed E-state index contributed by atoms with van der Waals surface area (Å²) in [6.45, 7) is 1.87. The van der Waals surface area contributed by atoms with E-state index in [-0.39, 0.29) is 17.9 Å². The Balaban J connectivity index is 1.49. The standard InChI is InChI=1S/C23H27N3O3S/c1-29-14-13-25(15-17-7-3-2-4-8-17)20(27)11-12-26-16-24-22-21(23(26)28)18-9-5-6-10-19(18)30-22/h2-4,7-8,16H,5-6,9-15H2,1H3. The van der Waals surface area contributed by atoms with Crippen molar-refractivity contribution < 1.29 is 9.53 Å². The van der Waals surface area contributed by atoms with Gasteiger partial charge in [-0.05, 0) is 36.8 Å². The van der Waals surface area contributed by atoms with Gasteiger partial charge in [-0.2, -0.15) is 0 Å². The molecule has 2 heterocycles. The molecule has 1 aliphatic rings. The molecule has 0 fully saturated rings. The molecule has 6 nitrogen and oxygen atoms in total. The molecule has 0 unspecified atom stereocenters. The highest BCUT2D eigenvalue weighted by molar-refractivity contribution is 7.18. The number of carbonyl (C=O) groups excluding carboxylic acids is 1.